The van der Waals surface area contributed by atoms with Gasteiger partial charge in [0.15, 0.2) is 0 Å². The van der Waals surface area contributed by atoms with Crippen molar-refractivity contribution >= 4 is 17.6 Å². The molecule has 0 aromatic heterocycles. The minimum atomic E-state index is -0.423. The van der Waals surface area contributed by atoms with E-state index < -0.39 is 5.97 Å². The van der Waals surface area contributed by atoms with E-state index in [1.54, 1.807) is 31.2 Å². The van der Waals surface area contributed by atoms with Gasteiger partial charge in [0.1, 0.15) is 0 Å². The molecular weight excluding hydrogens is 366 g/mol. The molecule has 1 heterocycles. The number of benzene rings is 2. The summed E-state index contributed by atoms with van der Waals surface area (Å²) < 4.78 is 5.06. The predicted molar refractivity (Wildman–Crippen MR) is 114 cm³/mol. The van der Waals surface area contributed by atoms with Crippen LogP contribution in [0.25, 0.3) is 0 Å². The Morgan fingerprint density at radius 3 is 2.34 bits per heavy atom. The molecule has 0 atom stereocenters. The van der Waals surface area contributed by atoms with Gasteiger partial charge in [-0.1, -0.05) is 36.4 Å². The molecule has 1 aliphatic heterocycles. The van der Waals surface area contributed by atoms with Crippen LogP contribution in [-0.4, -0.2) is 61.0 Å². The van der Waals surface area contributed by atoms with E-state index in [1.807, 2.05) is 0 Å². The number of nitrogens with zero attached hydrogens (tertiary/aromatic N) is 2. The van der Waals surface area contributed by atoms with Gasteiger partial charge in [0.05, 0.1) is 24.4 Å². The van der Waals surface area contributed by atoms with Gasteiger partial charge in [0.2, 0.25) is 5.91 Å². The summed E-state index contributed by atoms with van der Waals surface area (Å²) in [6, 6.07) is 15.4. The van der Waals surface area contributed by atoms with Crippen LogP contribution in [0.1, 0.15) is 28.4 Å². The monoisotopic (exact) mass is 395 g/mol. The van der Waals surface area contributed by atoms with Gasteiger partial charge in [-0.15, -0.1) is 0 Å². The molecule has 1 fully saturated rings. The van der Waals surface area contributed by atoms with Gasteiger partial charge >= 0.3 is 5.97 Å². The summed E-state index contributed by atoms with van der Waals surface area (Å²) in [4.78, 5) is 29.1. The first-order chi connectivity index (χ1) is 14.1. The average Bonchev–Trinajstić information content (AvgIpc) is 2.71. The molecule has 0 bridgehead atoms. The third kappa shape index (κ3) is 5.89. The number of aryl methyl sites for hydroxylation is 1. The first kappa shape index (κ1) is 21.0. The quantitative estimate of drug-likeness (QED) is 0.731. The summed E-state index contributed by atoms with van der Waals surface area (Å²) >= 11 is 0. The largest absolute Gasteiger partial charge is 0.462 e. The Morgan fingerprint density at radius 1 is 0.966 bits per heavy atom. The normalized spacial score (nSPS) is 15.1. The molecule has 3 rings (SSSR count). The Balaban J connectivity index is 1.49. The van der Waals surface area contributed by atoms with Crippen LogP contribution in [0.3, 0.4) is 0 Å². The first-order valence-electron chi connectivity index (χ1n) is 10.1. The van der Waals surface area contributed by atoms with Gasteiger partial charge < -0.3 is 10.1 Å². The van der Waals surface area contributed by atoms with E-state index in [0.717, 1.165) is 32.7 Å². The smallest absolute Gasteiger partial charge is 0.340 e. The van der Waals surface area contributed by atoms with E-state index in [9.17, 15) is 9.59 Å². The number of hydrogen-bond acceptors (Lipinski definition) is 5. The molecule has 1 amide bonds. The minimum absolute atomic E-state index is 0.117. The third-order valence-electron chi connectivity index (χ3n) is 5.18. The lowest BCUT2D eigenvalue weighted by Gasteiger charge is -2.34. The fourth-order valence-corrected chi connectivity index (χ4v) is 3.51. The summed E-state index contributed by atoms with van der Waals surface area (Å²) in [6.07, 6.45) is 0. The number of nitrogens with one attached hydrogen (secondary N) is 1. The highest BCUT2D eigenvalue weighted by molar-refractivity contribution is 6.01. The summed E-state index contributed by atoms with van der Waals surface area (Å²) in [5.41, 5.74) is 3.55. The molecule has 0 unspecified atom stereocenters. The van der Waals surface area contributed by atoms with Gasteiger partial charge in [0, 0.05) is 32.7 Å². The number of carbonyl (C=O) groups excluding carboxylic acids is 2. The molecule has 6 heteroatoms. The number of piperazine rings is 1. The molecule has 0 spiro atoms. The van der Waals surface area contributed by atoms with Gasteiger partial charge in [-0.05, 0) is 37.1 Å². The van der Waals surface area contributed by atoms with E-state index in [1.165, 1.54) is 11.1 Å². The Hall–Kier alpha value is -2.70. The van der Waals surface area contributed by atoms with Crippen LogP contribution >= 0.6 is 0 Å². The van der Waals surface area contributed by atoms with Crippen LogP contribution < -0.4 is 5.32 Å². The maximum atomic E-state index is 12.5. The molecule has 1 N–H and O–H groups in total. The Morgan fingerprint density at radius 2 is 1.62 bits per heavy atom. The van der Waals surface area contributed by atoms with Crippen molar-refractivity contribution in [1.82, 2.24) is 9.80 Å². The maximum absolute atomic E-state index is 12.5. The van der Waals surface area contributed by atoms with Crippen LogP contribution in [0.2, 0.25) is 0 Å². The highest BCUT2D eigenvalue weighted by Gasteiger charge is 2.20. The summed E-state index contributed by atoms with van der Waals surface area (Å²) in [5.74, 6) is -0.540. The van der Waals surface area contributed by atoms with Crippen molar-refractivity contribution in [2.75, 3.05) is 44.6 Å². The molecule has 1 saturated heterocycles. The number of para-hydroxylation sites is 1. The fourth-order valence-electron chi connectivity index (χ4n) is 3.51. The number of anilines is 1. The molecular formula is C23H29N3O3. The van der Waals surface area contributed by atoms with Crippen LogP contribution in [0.5, 0.6) is 0 Å². The molecule has 0 radical (unpaired) electrons. The molecule has 0 aliphatic carbocycles. The lowest BCUT2D eigenvalue weighted by Crippen LogP contribution is -2.48. The van der Waals surface area contributed by atoms with Crippen molar-refractivity contribution in [2.24, 2.45) is 0 Å². The van der Waals surface area contributed by atoms with E-state index in [0.29, 0.717) is 24.4 Å². The Bertz CT molecular complexity index is 845. The van der Waals surface area contributed by atoms with E-state index >= 15 is 0 Å². The predicted octanol–water partition coefficient (Wildman–Crippen LogP) is 2.93. The average molecular weight is 396 g/mol. The van der Waals surface area contributed by atoms with Gasteiger partial charge in [-0.3, -0.25) is 14.6 Å². The lowest BCUT2D eigenvalue weighted by molar-refractivity contribution is -0.117. The highest BCUT2D eigenvalue weighted by Crippen LogP contribution is 2.17. The highest BCUT2D eigenvalue weighted by atomic mass is 16.5. The first-order valence-corrected chi connectivity index (χ1v) is 10.1. The Kier molecular flexibility index (Phi) is 7.38. The number of ether oxygens (including phenoxy) is 1. The number of rotatable bonds is 7. The van der Waals surface area contributed by atoms with Crippen LogP contribution in [0.15, 0.2) is 48.5 Å². The lowest BCUT2D eigenvalue weighted by atomic mass is 10.1. The SMILES string of the molecule is CCOC(=O)c1ccccc1NC(=O)CN1CCN(Cc2ccccc2C)CC1. The molecule has 2 aromatic carbocycles. The molecule has 6 nitrogen and oxygen atoms in total. The van der Waals surface area contributed by atoms with Crippen LogP contribution in [-0.2, 0) is 16.1 Å². The molecule has 1 aliphatic rings. The second-order valence-electron chi connectivity index (χ2n) is 7.29. The molecule has 0 saturated carbocycles. The number of carbonyl (C=O) groups is 2. The maximum Gasteiger partial charge on any atom is 0.340 e. The van der Waals surface area contributed by atoms with Crippen LogP contribution in [0.4, 0.5) is 5.69 Å². The zero-order valence-corrected chi connectivity index (χ0v) is 17.2. The van der Waals surface area contributed by atoms with Crippen molar-refractivity contribution in [3.8, 4) is 0 Å². The van der Waals surface area contributed by atoms with Crippen molar-refractivity contribution in [3.63, 3.8) is 0 Å². The second kappa shape index (κ2) is 10.2. The second-order valence-corrected chi connectivity index (χ2v) is 7.29. The van der Waals surface area contributed by atoms with E-state index in [-0.39, 0.29) is 5.91 Å². The fraction of sp³-hybridized carbons (Fsp3) is 0.391. The van der Waals surface area contributed by atoms with Crippen molar-refractivity contribution in [3.05, 3.63) is 65.2 Å². The summed E-state index contributed by atoms with van der Waals surface area (Å²) in [5, 5.41) is 2.86. The number of amides is 1. The third-order valence-corrected chi connectivity index (χ3v) is 5.18. The van der Waals surface area contributed by atoms with Crippen LogP contribution in [0, 0.1) is 6.92 Å². The Labute approximate surface area is 172 Å². The standard InChI is InChI=1S/C23H29N3O3/c1-3-29-23(28)20-10-6-7-11-21(20)24-22(27)17-26-14-12-25(13-15-26)16-19-9-5-4-8-18(19)2/h4-11H,3,12-17H2,1-2H3,(H,24,27). The van der Waals surface area contributed by atoms with Crippen molar-refractivity contribution in [2.45, 2.75) is 20.4 Å². The minimum Gasteiger partial charge on any atom is -0.462 e. The molecule has 154 valence electrons. The number of hydrogen-bond donors (Lipinski definition) is 1. The summed E-state index contributed by atoms with van der Waals surface area (Å²) in [7, 11) is 0. The zero-order valence-electron chi connectivity index (χ0n) is 17.2. The van der Waals surface area contributed by atoms with E-state index in [4.69, 9.17) is 4.74 Å². The van der Waals surface area contributed by atoms with Crippen molar-refractivity contribution in [1.29, 1.82) is 0 Å². The number of esters is 1. The summed E-state index contributed by atoms with van der Waals surface area (Å²) in [6.45, 7) is 9.02. The molecule has 2 aromatic rings. The van der Waals surface area contributed by atoms with Gasteiger partial charge in [0.25, 0.3) is 0 Å². The van der Waals surface area contributed by atoms with Gasteiger partial charge in [-0.2, -0.15) is 0 Å². The molecule has 29 heavy (non-hydrogen) atoms. The van der Waals surface area contributed by atoms with Gasteiger partial charge in [-0.25, -0.2) is 4.79 Å². The zero-order chi connectivity index (χ0) is 20.6. The topological polar surface area (TPSA) is 61.9 Å². The van der Waals surface area contributed by atoms with E-state index in [2.05, 4.69) is 46.3 Å². The van der Waals surface area contributed by atoms with Crippen molar-refractivity contribution < 1.29 is 14.3 Å².